The van der Waals surface area contributed by atoms with E-state index in [-0.39, 0.29) is 0 Å². The van der Waals surface area contributed by atoms with Crippen LogP contribution in [-0.2, 0) is 0 Å². The van der Waals surface area contributed by atoms with Gasteiger partial charge in [-0.2, -0.15) is 4.39 Å². The zero-order valence-corrected chi connectivity index (χ0v) is 2.98. The van der Waals surface area contributed by atoms with Crippen molar-refractivity contribution in [2.45, 2.75) is 0 Å². The summed E-state index contributed by atoms with van der Waals surface area (Å²) in [6.07, 6.45) is -0.977. The Bertz CT molecular complexity index is 58.6. The van der Waals surface area contributed by atoms with E-state index in [4.69, 9.17) is 0 Å². The van der Waals surface area contributed by atoms with Gasteiger partial charge in [-0.05, 0) is 0 Å². The first-order chi connectivity index (χ1) is 2.81. The van der Waals surface area contributed by atoms with Gasteiger partial charge >= 0.3 is 6.09 Å². The lowest BCUT2D eigenvalue weighted by Gasteiger charge is -1.84. The topological polar surface area (TPSA) is 76.4 Å². The zero-order valence-electron chi connectivity index (χ0n) is 2.98. The third-order valence-electron chi connectivity index (χ3n) is 0.232. The van der Waals surface area contributed by atoms with Gasteiger partial charge in [-0.25, -0.2) is 5.84 Å². The maximum Gasteiger partial charge on any atom is 0.312 e. The minimum Gasteiger partial charge on any atom is -0.319 e. The minimum atomic E-state index is -0.977. The van der Waals surface area contributed by atoms with Crippen molar-refractivity contribution in [3.05, 3.63) is 0 Å². The molecule has 0 aromatic rings. The molecule has 36 valence electrons. The maximum absolute atomic E-state index is 11.2. The average Bonchev–Trinajstić information content (AvgIpc) is 1.65. The molecule has 0 atom stereocenters. The van der Waals surface area contributed by atoms with Crippen molar-refractivity contribution >= 4 is 6.09 Å². The molecule has 0 aliphatic carbocycles. The predicted octanol–water partition coefficient (Wildman–Crippen LogP) is -1.35. The SMILES string of the molecule is NN=C(F)NN. The van der Waals surface area contributed by atoms with E-state index in [1.165, 1.54) is 0 Å². The molecular weight excluding hydrogens is 87.0 g/mol. The molecule has 0 saturated heterocycles. The van der Waals surface area contributed by atoms with Crippen LogP contribution in [0.4, 0.5) is 4.39 Å². The standard InChI is InChI=1S/CH5FN4/c2-1(5-3)6-4/h3-4H2,(H,5,6). The van der Waals surface area contributed by atoms with Crippen LogP contribution < -0.4 is 17.1 Å². The molecule has 0 rings (SSSR count). The van der Waals surface area contributed by atoms with Crippen molar-refractivity contribution in [3.8, 4) is 0 Å². The van der Waals surface area contributed by atoms with Gasteiger partial charge in [-0.1, -0.05) is 0 Å². The molecule has 0 spiro atoms. The summed E-state index contributed by atoms with van der Waals surface area (Å²) in [5.41, 5.74) is 1.57. The summed E-state index contributed by atoms with van der Waals surface area (Å²) in [5, 5.41) is 2.52. The summed E-state index contributed by atoms with van der Waals surface area (Å²) in [6, 6.07) is 0. The number of halogens is 1. The highest BCUT2D eigenvalue weighted by molar-refractivity contribution is 5.70. The Labute approximate surface area is 34.0 Å². The quantitative estimate of drug-likeness (QED) is 0.114. The molecule has 0 fully saturated rings. The number of rotatable bonds is 0. The first-order valence-electron chi connectivity index (χ1n) is 1.21. The molecule has 0 amide bonds. The fraction of sp³-hybridized carbons (Fsp3) is 0. The molecule has 0 saturated carbocycles. The molecule has 0 aromatic heterocycles. The Hall–Kier alpha value is -0.840. The normalized spacial score (nSPS) is 11.3. The third kappa shape index (κ3) is 1.48. The largest absolute Gasteiger partial charge is 0.319 e. The molecule has 0 radical (unpaired) electrons. The smallest absolute Gasteiger partial charge is 0.312 e. The highest BCUT2D eigenvalue weighted by Crippen LogP contribution is 1.59. The summed E-state index contributed by atoms with van der Waals surface area (Å²) in [4.78, 5) is 0. The molecule has 0 aliphatic rings. The number of hydrazine groups is 1. The van der Waals surface area contributed by atoms with Crippen LogP contribution in [-0.4, -0.2) is 6.09 Å². The highest BCUT2D eigenvalue weighted by Gasteiger charge is 1.80. The molecule has 0 heterocycles. The van der Waals surface area contributed by atoms with Gasteiger partial charge in [-0.3, -0.25) is 5.43 Å². The summed E-state index contributed by atoms with van der Waals surface area (Å²) in [6.45, 7) is 0. The van der Waals surface area contributed by atoms with E-state index in [1.807, 2.05) is 0 Å². The first-order valence-corrected chi connectivity index (χ1v) is 1.21. The molecule has 6 heavy (non-hydrogen) atoms. The molecule has 5 heteroatoms. The number of nitrogens with two attached hydrogens (primary N) is 2. The van der Waals surface area contributed by atoms with Crippen LogP contribution in [0, 0.1) is 0 Å². The Morgan fingerprint density at radius 1 is 1.83 bits per heavy atom. The van der Waals surface area contributed by atoms with Crippen molar-refractivity contribution in [1.29, 1.82) is 0 Å². The number of hydrogen-bond acceptors (Lipinski definition) is 3. The minimum absolute atomic E-state index is 0.977. The summed E-state index contributed by atoms with van der Waals surface area (Å²) < 4.78 is 11.2. The van der Waals surface area contributed by atoms with Gasteiger partial charge < -0.3 is 5.84 Å². The number of hydrazone groups is 1. The van der Waals surface area contributed by atoms with Crippen LogP contribution in [0.5, 0.6) is 0 Å². The lowest BCUT2D eigenvalue weighted by Crippen LogP contribution is -2.27. The van der Waals surface area contributed by atoms with Gasteiger partial charge in [0, 0.05) is 0 Å². The van der Waals surface area contributed by atoms with Crippen LogP contribution in [0.3, 0.4) is 0 Å². The van der Waals surface area contributed by atoms with Crippen LogP contribution in [0.15, 0.2) is 5.10 Å². The second-order valence-corrected chi connectivity index (χ2v) is 0.564. The Balaban J connectivity index is 3.22. The fourth-order valence-electron chi connectivity index (χ4n) is 0.0373. The highest BCUT2D eigenvalue weighted by atomic mass is 19.1. The van der Waals surface area contributed by atoms with Gasteiger partial charge in [0.05, 0.1) is 0 Å². The second kappa shape index (κ2) is 2.40. The molecular formula is CH5FN4. The van der Waals surface area contributed by atoms with Gasteiger partial charge in [0.15, 0.2) is 0 Å². The second-order valence-electron chi connectivity index (χ2n) is 0.564. The summed E-state index contributed by atoms with van der Waals surface area (Å²) in [7, 11) is 0. The summed E-state index contributed by atoms with van der Waals surface area (Å²) in [5.74, 6) is 8.80. The maximum atomic E-state index is 11.2. The number of nitrogens with zero attached hydrogens (tertiary/aromatic N) is 1. The zero-order chi connectivity index (χ0) is 4.99. The Morgan fingerprint density at radius 3 is 2.33 bits per heavy atom. The monoisotopic (exact) mass is 92.0 g/mol. The molecule has 0 aromatic carbocycles. The first kappa shape index (κ1) is 5.16. The van der Waals surface area contributed by atoms with Crippen LogP contribution in [0.25, 0.3) is 0 Å². The van der Waals surface area contributed by atoms with E-state index < -0.39 is 6.09 Å². The molecule has 0 unspecified atom stereocenters. The fourth-order valence-corrected chi connectivity index (χ4v) is 0.0373. The van der Waals surface area contributed by atoms with Crippen LogP contribution >= 0.6 is 0 Å². The van der Waals surface area contributed by atoms with E-state index >= 15 is 0 Å². The van der Waals surface area contributed by atoms with Crippen LogP contribution in [0.2, 0.25) is 0 Å². The van der Waals surface area contributed by atoms with Gasteiger partial charge in [0.2, 0.25) is 0 Å². The number of hydrogen-bond donors (Lipinski definition) is 3. The van der Waals surface area contributed by atoms with Crippen molar-refractivity contribution in [3.63, 3.8) is 0 Å². The lowest BCUT2D eigenvalue weighted by molar-refractivity contribution is 0.720. The van der Waals surface area contributed by atoms with Gasteiger partial charge in [0.1, 0.15) is 0 Å². The van der Waals surface area contributed by atoms with Gasteiger partial charge in [-0.15, -0.1) is 5.10 Å². The van der Waals surface area contributed by atoms with E-state index in [2.05, 4.69) is 16.8 Å². The summed E-state index contributed by atoms with van der Waals surface area (Å²) >= 11 is 0. The lowest BCUT2D eigenvalue weighted by atomic mass is 11.3. The number of nitrogens with one attached hydrogen (secondary N) is 1. The predicted molar refractivity (Wildman–Crippen MR) is 20.1 cm³/mol. The van der Waals surface area contributed by atoms with Crippen molar-refractivity contribution in [2.24, 2.45) is 16.8 Å². The van der Waals surface area contributed by atoms with E-state index in [0.717, 1.165) is 0 Å². The molecule has 4 nitrogen and oxygen atoms in total. The van der Waals surface area contributed by atoms with Crippen molar-refractivity contribution in [1.82, 2.24) is 5.43 Å². The van der Waals surface area contributed by atoms with Crippen molar-refractivity contribution in [2.75, 3.05) is 0 Å². The average molecular weight is 92.1 g/mol. The molecule has 0 bridgehead atoms. The van der Waals surface area contributed by atoms with Crippen molar-refractivity contribution < 1.29 is 4.39 Å². The Kier molecular flexibility index (Phi) is 2.06. The number of amidine groups is 1. The molecule has 0 aliphatic heterocycles. The Morgan fingerprint density at radius 2 is 2.33 bits per heavy atom. The van der Waals surface area contributed by atoms with Gasteiger partial charge in [0.25, 0.3) is 0 Å². The van der Waals surface area contributed by atoms with E-state index in [9.17, 15) is 4.39 Å². The third-order valence-corrected chi connectivity index (χ3v) is 0.232. The van der Waals surface area contributed by atoms with Crippen LogP contribution in [0.1, 0.15) is 0 Å². The molecule has 5 N–H and O–H groups in total. The van der Waals surface area contributed by atoms with E-state index in [0.29, 0.717) is 0 Å². The van der Waals surface area contributed by atoms with E-state index in [1.54, 1.807) is 5.43 Å².